The number of nitrogens with zero attached hydrogens (tertiary/aromatic N) is 2. The number of halogens is 1. The second-order valence-electron chi connectivity index (χ2n) is 9.27. The van der Waals surface area contributed by atoms with Crippen LogP contribution in [0.1, 0.15) is 46.5 Å². The van der Waals surface area contributed by atoms with Crippen molar-refractivity contribution in [1.82, 2.24) is 4.90 Å². The number of ketones is 1. The van der Waals surface area contributed by atoms with E-state index < -0.39 is 0 Å². The van der Waals surface area contributed by atoms with Gasteiger partial charge in [0.2, 0.25) is 5.78 Å². The first kappa shape index (κ1) is 24.1. The first-order valence-corrected chi connectivity index (χ1v) is 12.5. The predicted molar refractivity (Wildman–Crippen MR) is 140 cm³/mol. The molecule has 2 aliphatic heterocycles. The monoisotopic (exact) mass is 486 g/mol. The van der Waals surface area contributed by atoms with Crippen molar-refractivity contribution in [2.45, 2.75) is 33.7 Å². The van der Waals surface area contributed by atoms with Crippen molar-refractivity contribution in [2.24, 2.45) is 0 Å². The van der Waals surface area contributed by atoms with Gasteiger partial charge in [-0.1, -0.05) is 24.3 Å². The Labute approximate surface area is 211 Å². The van der Waals surface area contributed by atoms with Crippen molar-refractivity contribution in [3.63, 3.8) is 0 Å². The lowest BCUT2D eigenvalue weighted by atomic mass is 9.99. The average molecular weight is 487 g/mol. The maximum atomic E-state index is 13.2. The molecule has 2 heterocycles. The molecular formula is C30H31FN2O3. The van der Waals surface area contributed by atoms with Gasteiger partial charge in [0.1, 0.15) is 24.0 Å². The number of ether oxygens (including phenoxy) is 2. The SMILES string of the molecule is CCN(CC)c1ccc(/C=C2\Oc3c(cc4c(c3C)OCN(CCc3ccc(F)cc3)C4)C2=O)cc1. The molecule has 2 aliphatic rings. The van der Waals surface area contributed by atoms with E-state index in [2.05, 4.69) is 35.8 Å². The Hall–Kier alpha value is -3.64. The largest absolute Gasteiger partial charge is 0.477 e. The van der Waals surface area contributed by atoms with Crippen molar-refractivity contribution in [2.75, 3.05) is 31.3 Å². The Morgan fingerprint density at radius 2 is 1.75 bits per heavy atom. The normalized spacial score (nSPS) is 15.9. The summed E-state index contributed by atoms with van der Waals surface area (Å²) in [7, 11) is 0. The first-order chi connectivity index (χ1) is 17.5. The van der Waals surface area contributed by atoms with Crippen LogP contribution in [0.4, 0.5) is 10.1 Å². The highest BCUT2D eigenvalue weighted by Gasteiger charge is 2.33. The van der Waals surface area contributed by atoms with Crippen LogP contribution in [0.2, 0.25) is 0 Å². The van der Waals surface area contributed by atoms with Gasteiger partial charge in [0.05, 0.1) is 5.56 Å². The number of Topliss-reactive ketones (excluding diaryl/α,β-unsaturated/α-hetero) is 1. The molecule has 186 valence electrons. The Morgan fingerprint density at radius 3 is 2.44 bits per heavy atom. The van der Waals surface area contributed by atoms with E-state index in [1.54, 1.807) is 0 Å². The third-order valence-corrected chi connectivity index (χ3v) is 6.95. The number of carbonyl (C=O) groups excluding carboxylic acids is 1. The Bertz CT molecular complexity index is 1300. The fourth-order valence-corrected chi connectivity index (χ4v) is 4.90. The zero-order valence-corrected chi connectivity index (χ0v) is 21.0. The van der Waals surface area contributed by atoms with E-state index in [0.29, 0.717) is 30.3 Å². The minimum atomic E-state index is -0.227. The number of rotatable bonds is 7. The fourth-order valence-electron chi connectivity index (χ4n) is 4.90. The zero-order valence-electron chi connectivity index (χ0n) is 21.0. The summed E-state index contributed by atoms with van der Waals surface area (Å²) in [6.45, 7) is 10.0. The van der Waals surface area contributed by atoms with Crippen molar-refractivity contribution < 1.29 is 18.7 Å². The van der Waals surface area contributed by atoms with E-state index in [-0.39, 0.29) is 11.6 Å². The number of hydrogen-bond donors (Lipinski definition) is 0. The summed E-state index contributed by atoms with van der Waals surface area (Å²) in [6, 6.07) is 16.7. The maximum Gasteiger partial charge on any atom is 0.231 e. The molecule has 0 aromatic heterocycles. The summed E-state index contributed by atoms with van der Waals surface area (Å²) in [5.74, 6) is 1.38. The third kappa shape index (κ3) is 4.73. The molecule has 0 unspecified atom stereocenters. The number of allylic oxidation sites excluding steroid dienone is 1. The smallest absolute Gasteiger partial charge is 0.231 e. The van der Waals surface area contributed by atoms with Crippen LogP contribution >= 0.6 is 0 Å². The summed E-state index contributed by atoms with van der Waals surface area (Å²) in [5.41, 5.74) is 5.59. The topological polar surface area (TPSA) is 42.0 Å². The van der Waals surface area contributed by atoms with Crippen molar-refractivity contribution in [3.8, 4) is 11.5 Å². The number of hydrogen-bond acceptors (Lipinski definition) is 5. The highest BCUT2D eigenvalue weighted by molar-refractivity contribution is 6.15. The van der Waals surface area contributed by atoms with Crippen LogP contribution in [0.15, 0.2) is 60.4 Å². The summed E-state index contributed by atoms with van der Waals surface area (Å²) >= 11 is 0. The summed E-state index contributed by atoms with van der Waals surface area (Å²) in [6.07, 6.45) is 2.60. The highest BCUT2D eigenvalue weighted by Crippen LogP contribution is 2.43. The second kappa shape index (κ2) is 10.2. The molecule has 5 nitrogen and oxygen atoms in total. The molecule has 0 saturated carbocycles. The molecular weight excluding hydrogens is 455 g/mol. The van der Waals surface area contributed by atoms with E-state index in [9.17, 15) is 9.18 Å². The number of fused-ring (bicyclic) bond motifs is 2. The third-order valence-electron chi connectivity index (χ3n) is 6.95. The molecule has 36 heavy (non-hydrogen) atoms. The molecule has 3 aromatic rings. The molecule has 5 rings (SSSR count). The lowest BCUT2D eigenvalue weighted by Crippen LogP contribution is -2.34. The van der Waals surface area contributed by atoms with Crippen LogP contribution in [0, 0.1) is 12.7 Å². The molecule has 0 fully saturated rings. The predicted octanol–water partition coefficient (Wildman–Crippen LogP) is 5.99. The zero-order chi connectivity index (χ0) is 25.2. The van der Waals surface area contributed by atoms with Crippen molar-refractivity contribution in [1.29, 1.82) is 0 Å². The molecule has 0 aliphatic carbocycles. The highest BCUT2D eigenvalue weighted by atomic mass is 19.1. The van der Waals surface area contributed by atoms with Gasteiger partial charge >= 0.3 is 0 Å². The molecule has 6 heteroatoms. The van der Waals surface area contributed by atoms with Gasteiger partial charge in [-0.3, -0.25) is 9.69 Å². The summed E-state index contributed by atoms with van der Waals surface area (Å²) < 4.78 is 25.3. The molecule has 0 N–H and O–H groups in total. The minimum absolute atomic E-state index is 0.104. The van der Waals surface area contributed by atoms with E-state index in [0.717, 1.165) is 59.7 Å². The van der Waals surface area contributed by atoms with Gasteiger partial charge in [-0.05, 0) is 74.7 Å². The van der Waals surface area contributed by atoms with Crippen LogP contribution in [-0.4, -0.2) is 37.0 Å². The standard InChI is InChI=1S/C30H31FN2O3/c1-4-33(5-2)25-12-8-22(9-13-25)16-27-28(34)26-17-23-18-32(15-14-21-6-10-24(31)11-7-21)19-35-29(23)20(3)30(26)36-27/h6-13,16-17H,4-5,14-15,18-19H2,1-3H3/b27-16-. The number of anilines is 1. The van der Waals surface area contributed by atoms with Gasteiger partial charge in [-0.2, -0.15) is 0 Å². The Balaban J connectivity index is 1.32. The van der Waals surface area contributed by atoms with Gasteiger partial charge in [0.15, 0.2) is 5.76 Å². The maximum absolute atomic E-state index is 13.2. The molecule has 0 radical (unpaired) electrons. The van der Waals surface area contributed by atoms with Crippen LogP contribution in [0.3, 0.4) is 0 Å². The quantitative estimate of drug-likeness (QED) is 0.384. The van der Waals surface area contributed by atoms with E-state index >= 15 is 0 Å². The van der Waals surface area contributed by atoms with Crippen LogP contribution in [0.25, 0.3) is 6.08 Å². The lowest BCUT2D eigenvalue weighted by molar-refractivity contribution is 0.0954. The molecule has 0 atom stereocenters. The summed E-state index contributed by atoms with van der Waals surface area (Å²) in [5, 5.41) is 0. The number of benzene rings is 3. The lowest BCUT2D eigenvalue weighted by Gasteiger charge is -2.30. The summed E-state index contributed by atoms with van der Waals surface area (Å²) in [4.78, 5) is 17.7. The van der Waals surface area contributed by atoms with Gasteiger partial charge in [0, 0.05) is 43.0 Å². The molecule has 3 aromatic carbocycles. The van der Waals surface area contributed by atoms with E-state index in [4.69, 9.17) is 9.47 Å². The Kier molecular flexibility index (Phi) is 6.79. The van der Waals surface area contributed by atoms with Gasteiger partial charge in [0.25, 0.3) is 0 Å². The molecule has 0 bridgehead atoms. The molecule has 0 amide bonds. The van der Waals surface area contributed by atoms with Crippen molar-refractivity contribution >= 4 is 17.5 Å². The second-order valence-corrected chi connectivity index (χ2v) is 9.27. The fraction of sp³-hybridized carbons (Fsp3) is 0.300. The van der Waals surface area contributed by atoms with Crippen LogP contribution in [0.5, 0.6) is 11.5 Å². The van der Waals surface area contributed by atoms with Gasteiger partial charge in [-0.15, -0.1) is 0 Å². The minimum Gasteiger partial charge on any atom is -0.477 e. The van der Waals surface area contributed by atoms with E-state index in [1.165, 1.54) is 12.1 Å². The Morgan fingerprint density at radius 1 is 1.03 bits per heavy atom. The van der Waals surface area contributed by atoms with Crippen LogP contribution < -0.4 is 14.4 Å². The van der Waals surface area contributed by atoms with Crippen molar-refractivity contribution in [3.05, 3.63) is 94.0 Å². The molecule has 0 spiro atoms. The molecule has 0 saturated heterocycles. The van der Waals surface area contributed by atoms with Gasteiger partial charge < -0.3 is 14.4 Å². The number of carbonyl (C=O) groups is 1. The average Bonchev–Trinajstić information content (AvgIpc) is 3.20. The first-order valence-electron chi connectivity index (χ1n) is 12.5. The van der Waals surface area contributed by atoms with Gasteiger partial charge in [-0.25, -0.2) is 4.39 Å². The van der Waals surface area contributed by atoms with E-state index in [1.807, 2.05) is 43.3 Å². The van der Waals surface area contributed by atoms with Crippen LogP contribution in [-0.2, 0) is 13.0 Å².